The molecule has 0 amide bonds. The number of hydrogen-bond acceptors (Lipinski definition) is 6. The molecule has 0 aliphatic carbocycles. The molecular weight excluding hydrogens is 462 g/mol. The lowest BCUT2D eigenvalue weighted by Gasteiger charge is -2.32. The predicted molar refractivity (Wildman–Crippen MR) is 133 cm³/mol. The number of hydrogen-bond donors (Lipinski definition) is 0. The summed E-state index contributed by atoms with van der Waals surface area (Å²) in [5.74, 6) is -0.804. The lowest BCUT2D eigenvalue weighted by molar-refractivity contribution is 0.148. The number of halogens is 2. The molecule has 7 nitrogen and oxygen atoms in total. The van der Waals surface area contributed by atoms with Crippen molar-refractivity contribution in [2.24, 2.45) is 0 Å². The first-order valence-electron chi connectivity index (χ1n) is 11.8. The zero-order chi connectivity index (χ0) is 25.1. The van der Waals surface area contributed by atoms with Crippen LogP contribution in [0.4, 0.5) is 8.78 Å². The normalized spacial score (nSPS) is 14.8. The second-order valence-corrected chi connectivity index (χ2v) is 9.07. The van der Waals surface area contributed by atoms with Gasteiger partial charge < -0.3 is 4.90 Å². The summed E-state index contributed by atoms with van der Waals surface area (Å²) in [5, 5.41) is 4.33. The maximum atomic E-state index is 13.7. The predicted octanol–water partition coefficient (Wildman–Crippen LogP) is 3.44. The summed E-state index contributed by atoms with van der Waals surface area (Å²) in [5.41, 5.74) is 2.99. The first-order valence-corrected chi connectivity index (χ1v) is 11.8. The van der Waals surface area contributed by atoms with Crippen molar-refractivity contribution >= 4 is 0 Å². The molecule has 0 bridgehead atoms. The van der Waals surface area contributed by atoms with E-state index in [2.05, 4.69) is 31.9 Å². The Kier molecular flexibility index (Phi) is 6.92. The Morgan fingerprint density at radius 3 is 2.25 bits per heavy atom. The highest BCUT2D eigenvalue weighted by Gasteiger charge is 2.14. The summed E-state index contributed by atoms with van der Waals surface area (Å²) in [4.78, 5) is 26.3. The van der Waals surface area contributed by atoms with E-state index in [4.69, 9.17) is 0 Å². The number of aromatic nitrogens is 4. The van der Waals surface area contributed by atoms with Gasteiger partial charge in [-0.25, -0.2) is 23.4 Å². The van der Waals surface area contributed by atoms with Crippen LogP contribution in [0.2, 0.25) is 0 Å². The van der Waals surface area contributed by atoms with Crippen molar-refractivity contribution in [2.75, 3.05) is 33.2 Å². The fourth-order valence-corrected chi connectivity index (χ4v) is 4.25. The number of rotatable bonds is 6. The quantitative estimate of drug-likeness (QED) is 0.414. The van der Waals surface area contributed by atoms with E-state index in [-0.39, 0.29) is 17.7 Å². The molecule has 0 saturated carbocycles. The van der Waals surface area contributed by atoms with Crippen molar-refractivity contribution in [2.45, 2.75) is 13.1 Å². The van der Waals surface area contributed by atoms with Gasteiger partial charge in [-0.05, 0) is 36.9 Å². The van der Waals surface area contributed by atoms with E-state index in [1.54, 1.807) is 0 Å². The first kappa shape index (κ1) is 23.9. The summed E-state index contributed by atoms with van der Waals surface area (Å²) in [7, 11) is 2.14. The second-order valence-electron chi connectivity index (χ2n) is 9.07. The van der Waals surface area contributed by atoms with Crippen LogP contribution in [0.1, 0.15) is 11.1 Å². The van der Waals surface area contributed by atoms with E-state index in [1.165, 1.54) is 28.9 Å². The van der Waals surface area contributed by atoms with Crippen LogP contribution in [0.5, 0.6) is 0 Å². The van der Waals surface area contributed by atoms with Crippen molar-refractivity contribution in [1.82, 2.24) is 29.5 Å². The van der Waals surface area contributed by atoms with Crippen LogP contribution in [-0.4, -0.2) is 62.8 Å². The minimum absolute atomic E-state index is 0.194. The van der Waals surface area contributed by atoms with Gasteiger partial charge in [0, 0.05) is 73.9 Å². The smallest absolute Gasteiger partial charge is 0.267 e. The zero-order valence-electron chi connectivity index (χ0n) is 19.9. The average Bonchev–Trinajstić information content (AvgIpc) is 2.87. The molecule has 2 aromatic heterocycles. The van der Waals surface area contributed by atoms with E-state index in [0.29, 0.717) is 11.5 Å². The van der Waals surface area contributed by atoms with Gasteiger partial charge in [0.25, 0.3) is 5.56 Å². The largest absolute Gasteiger partial charge is 0.304 e. The van der Waals surface area contributed by atoms with Gasteiger partial charge in [-0.2, -0.15) is 5.10 Å². The summed E-state index contributed by atoms with van der Waals surface area (Å²) < 4.78 is 28.6. The molecule has 0 N–H and O–H groups in total. The van der Waals surface area contributed by atoms with Crippen LogP contribution >= 0.6 is 0 Å². The van der Waals surface area contributed by atoms with Gasteiger partial charge >= 0.3 is 0 Å². The molecular formula is C27H26F2N6O. The van der Waals surface area contributed by atoms with Gasteiger partial charge in [-0.1, -0.05) is 18.2 Å². The Bertz CT molecular complexity index is 1390. The molecule has 0 spiro atoms. The summed E-state index contributed by atoms with van der Waals surface area (Å²) in [6.07, 6.45) is 3.72. The third kappa shape index (κ3) is 5.69. The van der Waals surface area contributed by atoms with Crippen LogP contribution < -0.4 is 5.56 Å². The second kappa shape index (κ2) is 10.4. The van der Waals surface area contributed by atoms with E-state index in [9.17, 15) is 13.6 Å². The number of nitrogens with zero attached hydrogens (tertiary/aromatic N) is 6. The Morgan fingerprint density at radius 1 is 0.806 bits per heavy atom. The molecule has 0 unspecified atom stereocenters. The molecule has 9 heteroatoms. The Labute approximate surface area is 207 Å². The Hall–Kier alpha value is -3.82. The fourth-order valence-electron chi connectivity index (χ4n) is 4.25. The van der Waals surface area contributed by atoms with Crippen molar-refractivity contribution in [3.05, 3.63) is 100 Å². The van der Waals surface area contributed by atoms with Crippen molar-refractivity contribution in [3.8, 4) is 22.6 Å². The lowest BCUT2D eigenvalue weighted by atomic mass is 10.1. The van der Waals surface area contributed by atoms with Crippen LogP contribution in [0.15, 0.2) is 71.8 Å². The van der Waals surface area contributed by atoms with Gasteiger partial charge in [-0.3, -0.25) is 9.69 Å². The molecule has 5 rings (SSSR count). The third-order valence-corrected chi connectivity index (χ3v) is 6.25. The maximum absolute atomic E-state index is 13.7. The molecule has 2 aromatic carbocycles. The van der Waals surface area contributed by atoms with Gasteiger partial charge in [0.2, 0.25) is 0 Å². The van der Waals surface area contributed by atoms with Crippen LogP contribution in [0.25, 0.3) is 22.6 Å². The van der Waals surface area contributed by atoms with Crippen molar-refractivity contribution in [1.29, 1.82) is 0 Å². The van der Waals surface area contributed by atoms with Crippen LogP contribution in [0.3, 0.4) is 0 Å². The molecule has 1 aliphatic rings. The van der Waals surface area contributed by atoms with Gasteiger partial charge in [0.05, 0.1) is 12.2 Å². The highest BCUT2D eigenvalue weighted by molar-refractivity contribution is 5.58. The Balaban J connectivity index is 1.32. The minimum Gasteiger partial charge on any atom is -0.304 e. The van der Waals surface area contributed by atoms with Crippen LogP contribution in [0, 0.1) is 11.6 Å². The monoisotopic (exact) mass is 488 g/mol. The molecule has 184 valence electrons. The summed E-state index contributed by atoms with van der Waals surface area (Å²) >= 11 is 0. The fraction of sp³-hybridized carbons (Fsp3) is 0.259. The highest BCUT2D eigenvalue weighted by Crippen LogP contribution is 2.20. The molecule has 0 radical (unpaired) electrons. The van der Waals surface area contributed by atoms with E-state index < -0.39 is 11.6 Å². The standard InChI is InChI=1S/C27H26F2N6O/c1-33-7-9-34(10-8-33)17-20-15-30-27(31-16-20)21-4-2-3-19(11-21)18-35-26(36)6-5-25(32-35)22-12-23(28)14-24(29)13-22/h2-6,11-16H,7-10,17-18H2,1H3. The molecule has 3 heterocycles. The van der Waals surface area contributed by atoms with Gasteiger partial charge in [0.1, 0.15) is 11.6 Å². The highest BCUT2D eigenvalue weighted by atomic mass is 19.1. The van der Waals surface area contributed by atoms with E-state index in [0.717, 1.165) is 55.5 Å². The molecule has 1 fully saturated rings. The molecule has 36 heavy (non-hydrogen) atoms. The number of benzene rings is 2. The molecule has 4 aromatic rings. The third-order valence-electron chi connectivity index (χ3n) is 6.25. The Morgan fingerprint density at radius 2 is 1.53 bits per heavy atom. The zero-order valence-corrected chi connectivity index (χ0v) is 19.9. The molecule has 1 aliphatic heterocycles. The molecule has 1 saturated heterocycles. The van der Waals surface area contributed by atoms with Crippen LogP contribution in [-0.2, 0) is 13.1 Å². The van der Waals surface area contributed by atoms with Gasteiger partial charge in [0.15, 0.2) is 5.82 Å². The lowest BCUT2D eigenvalue weighted by Crippen LogP contribution is -2.43. The maximum Gasteiger partial charge on any atom is 0.267 e. The van der Waals surface area contributed by atoms with Crippen molar-refractivity contribution in [3.63, 3.8) is 0 Å². The summed E-state index contributed by atoms with van der Waals surface area (Å²) in [6.45, 7) is 5.21. The summed E-state index contributed by atoms with van der Waals surface area (Å²) in [6, 6.07) is 13.6. The van der Waals surface area contributed by atoms with Crippen molar-refractivity contribution < 1.29 is 8.78 Å². The minimum atomic E-state index is -0.702. The average molecular weight is 489 g/mol. The van der Waals surface area contributed by atoms with E-state index in [1.807, 2.05) is 36.7 Å². The van der Waals surface area contributed by atoms with E-state index >= 15 is 0 Å². The number of piperazine rings is 1. The molecule has 0 atom stereocenters. The van der Waals surface area contributed by atoms with Gasteiger partial charge in [-0.15, -0.1) is 0 Å². The number of likely N-dealkylation sites (N-methyl/N-ethyl adjacent to an activating group) is 1. The topological polar surface area (TPSA) is 67.2 Å². The first-order chi connectivity index (χ1) is 17.4. The SMILES string of the molecule is CN1CCN(Cc2cnc(-c3cccc(Cn4nc(-c5cc(F)cc(F)c5)ccc4=O)c3)nc2)CC1.